The summed E-state index contributed by atoms with van der Waals surface area (Å²) in [4.78, 5) is 27.1. The van der Waals surface area contributed by atoms with Crippen LogP contribution in [0.15, 0.2) is 42.5 Å². The molecule has 1 fully saturated rings. The standard InChI is InChI=1S/C20H23N3O4/c1-15-4-6-16(7-5-15)21-10-3-11-22(13-12-21)17-8-9-19(23(25)26)18(14-17)20(24)27-2/h4-9,14H,3,10-13H2,1-2H3. The first-order valence-corrected chi connectivity index (χ1v) is 8.93. The van der Waals surface area contributed by atoms with Gasteiger partial charge in [0.05, 0.1) is 12.0 Å². The van der Waals surface area contributed by atoms with Gasteiger partial charge in [-0.1, -0.05) is 17.7 Å². The number of aryl methyl sites for hydroxylation is 1. The number of nitrogens with zero attached hydrogens (tertiary/aromatic N) is 3. The largest absolute Gasteiger partial charge is 0.465 e. The van der Waals surface area contributed by atoms with Gasteiger partial charge in [0.25, 0.3) is 5.69 Å². The van der Waals surface area contributed by atoms with Crippen LogP contribution < -0.4 is 9.80 Å². The summed E-state index contributed by atoms with van der Waals surface area (Å²) in [5.74, 6) is -0.695. The summed E-state index contributed by atoms with van der Waals surface area (Å²) in [6.07, 6.45) is 0.957. The highest BCUT2D eigenvalue weighted by Gasteiger charge is 2.23. The normalized spacial score (nSPS) is 14.6. The minimum Gasteiger partial charge on any atom is -0.465 e. The Bertz CT molecular complexity index is 836. The van der Waals surface area contributed by atoms with Gasteiger partial charge in [0.1, 0.15) is 5.56 Å². The van der Waals surface area contributed by atoms with E-state index in [1.54, 1.807) is 12.1 Å². The number of benzene rings is 2. The Hall–Kier alpha value is -3.09. The van der Waals surface area contributed by atoms with Gasteiger partial charge in [-0.25, -0.2) is 4.79 Å². The lowest BCUT2D eigenvalue weighted by Crippen LogP contribution is -2.30. The van der Waals surface area contributed by atoms with Gasteiger partial charge in [-0.2, -0.15) is 0 Å². The van der Waals surface area contributed by atoms with Crippen molar-refractivity contribution in [2.24, 2.45) is 0 Å². The number of methoxy groups -OCH3 is 1. The molecule has 0 saturated carbocycles. The summed E-state index contributed by atoms with van der Waals surface area (Å²) in [6.45, 7) is 5.44. The van der Waals surface area contributed by atoms with Gasteiger partial charge >= 0.3 is 5.97 Å². The molecule has 1 heterocycles. The lowest BCUT2D eigenvalue weighted by molar-refractivity contribution is -0.385. The van der Waals surface area contributed by atoms with E-state index in [1.807, 2.05) is 0 Å². The average molecular weight is 369 g/mol. The Morgan fingerprint density at radius 2 is 1.59 bits per heavy atom. The van der Waals surface area contributed by atoms with E-state index in [2.05, 4.69) is 41.0 Å². The van der Waals surface area contributed by atoms with Gasteiger partial charge in [0, 0.05) is 43.6 Å². The number of hydrogen-bond donors (Lipinski definition) is 0. The maximum Gasteiger partial charge on any atom is 0.344 e. The molecule has 0 N–H and O–H groups in total. The first-order valence-electron chi connectivity index (χ1n) is 8.93. The van der Waals surface area contributed by atoms with Crippen molar-refractivity contribution >= 4 is 23.0 Å². The molecule has 0 aliphatic carbocycles. The van der Waals surface area contributed by atoms with E-state index in [9.17, 15) is 14.9 Å². The molecule has 0 bridgehead atoms. The minimum absolute atomic E-state index is 0.0142. The number of carbonyl (C=O) groups excluding carboxylic acids is 1. The molecule has 27 heavy (non-hydrogen) atoms. The van der Waals surface area contributed by atoms with E-state index in [1.165, 1.54) is 24.4 Å². The van der Waals surface area contributed by atoms with E-state index in [4.69, 9.17) is 4.74 Å². The van der Waals surface area contributed by atoms with Crippen LogP contribution in [0.2, 0.25) is 0 Å². The number of ether oxygens (including phenoxy) is 1. The van der Waals surface area contributed by atoms with Crippen LogP contribution >= 0.6 is 0 Å². The molecule has 7 heteroatoms. The summed E-state index contributed by atoms with van der Waals surface area (Å²) in [7, 11) is 1.23. The number of esters is 1. The summed E-state index contributed by atoms with van der Waals surface area (Å²) < 4.78 is 4.71. The second kappa shape index (κ2) is 8.07. The Labute approximate surface area is 158 Å². The molecule has 0 spiro atoms. The van der Waals surface area contributed by atoms with Crippen LogP contribution in [0.1, 0.15) is 22.3 Å². The molecule has 2 aromatic rings. The van der Waals surface area contributed by atoms with Gasteiger partial charge in [0.2, 0.25) is 0 Å². The maximum atomic E-state index is 12.0. The fraction of sp³-hybridized carbons (Fsp3) is 0.350. The molecule has 0 aromatic heterocycles. The fourth-order valence-corrected chi connectivity index (χ4v) is 3.34. The third-order valence-corrected chi connectivity index (χ3v) is 4.84. The average Bonchev–Trinajstić information content (AvgIpc) is 2.93. The second-order valence-corrected chi connectivity index (χ2v) is 6.61. The van der Waals surface area contributed by atoms with E-state index in [0.717, 1.165) is 38.3 Å². The fourth-order valence-electron chi connectivity index (χ4n) is 3.34. The maximum absolute atomic E-state index is 12.0. The lowest BCUT2D eigenvalue weighted by atomic mass is 10.1. The molecular weight excluding hydrogens is 346 g/mol. The van der Waals surface area contributed by atoms with Gasteiger partial charge in [-0.3, -0.25) is 10.1 Å². The zero-order valence-corrected chi connectivity index (χ0v) is 15.6. The first-order chi connectivity index (χ1) is 13.0. The summed E-state index contributed by atoms with van der Waals surface area (Å²) in [5.41, 5.74) is 2.98. The molecular formula is C20H23N3O4. The number of anilines is 2. The van der Waals surface area contributed by atoms with Crippen LogP contribution in [0.5, 0.6) is 0 Å². The third kappa shape index (κ3) is 4.19. The van der Waals surface area contributed by atoms with Crippen LogP contribution in [0, 0.1) is 17.0 Å². The van der Waals surface area contributed by atoms with Crippen molar-refractivity contribution in [1.29, 1.82) is 0 Å². The van der Waals surface area contributed by atoms with Crippen molar-refractivity contribution in [3.8, 4) is 0 Å². The van der Waals surface area contributed by atoms with Gasteiger partial charge in [-0.15, -0.1) is 0 Å². The molecule has 0 radical (unpaired) electrons. The second-order valence-electron chi connectivity index (χ2n) is 6.61. The van der Waals surface area contributed by atoms with Crippen LogP contribution in [-0.4, -0.2) is 44.2 Å². The van der Waals surface area contributed by atoms with Crippen molar-refractivity contribution in [2.75, 3.05) is 43.1 Å². The quantitative estimate of drug-likeness (QED) is 0.467. The zero-order chi connectivity index (χ0) is 19.4. The summed E-state index contributed by atoms with van der Waals surface area (Å²) in [5, 5.41) is 11.2. The molecule has 1 aliphatic heterocycles. The first kappa shape index (κ1) is 18.7. The molecule has 0 unspecified atom stereocenters. The number of nitro groups is 1. The predicted octanol–water partition coefficient (Wildman–Crippen LogP) is 3.41. The van der Waals surface area contributed by atoms with E-state index in [-0.39, 0.29) is 11.3 Å². The van der Waals surface area contributed by atoms with Gasteiger partial charge < -0.3 is 14.5 Å². The van der Waals surface area contributed by atoms with Crippen molar-refractivity contribution in [2.45, 2.75) is 13.3 Å². The zero-order valence-electron chi connectivity index (χ0n) is 15.6. The molecule has 1 aliphatic rings. The van der Waals surface area contributed by atoms with Crippen molar-refractivity contribution < 1.29 is 14.5 Å². The summed E-state index contributed by atoms with van der Waals surface area (Å²) in [6, 6.07) is 13.1. The third-order valence-electron chi connectivity index (χ3n) is 4.84. The Kier molecular flexibility index (Phi) is 5.59. The predicted molar refractivity (Wildman–Crippen MR) is 105 cm³/mol. The number of carbonyl (C=O) groups is 1. The lowest BCUT2D eigenvalue weighted by Gasteiger charge is -2.25. The monoisotopic (exact) mass is 369 g/mol. The van der Waals surface area contributed by atoms with Crippen molar-refractivity contribution in [3.05, 3.63) is 63.7 Å². The van der Waals surface area contributed by atoms with Crippen LogP contribution in [0.4, 0.5) is 17.1 Å². The molecule has 2 aromatic carbocycles. The highest BCUT2D eigenvalue weighted by molar-refractivity contribution is 5.95. The Morgan fingerprint density at radius 3 is 2.19 bits per heavy atom. The Balaban J connectivity index is 1.80. The minimum atomic E-state index is -0.695. The smallest absolute Gasteiger partial charge is 0.344 e. The molecule has 7 nitrogen and oxygen atoms in total. The summed E-state index contributed by atoms with van der Waals surface area (Å²) >= 11 is 0. The molecule has 0 amide bonds. The topological polar surface area (TPSA) is 75.9 Å². The van der Waals surface area contributed by atoms with Crippen molar-refractivity contribution in [1.82, 2.24) is 0 Å². The van der Waals surface area contributed by atoms with Gasteiger partial charge in [0.15, 0.2) is 0 Å². The highest BCUT2D eigenvalue weighted by atomic mass is 16.6. The van der Waals surface area contributed by atoms with Crippen LogP contribution in [-0.2, 0) is 4.74 Å². The molecule has 0 atom stereocenters. The molecule has 3 rings (SSSR count). The van der Waals surface area contributed by atoms with Crippen LogP contribution in [0.3, 0.4) is 0 Å². The van der Waals surface area contributed by atoms with E-state index in [0.29, 0.717) is 0 Å². The van der Waals surface area contributed by atoms with Crippen LogP contribution in [0.25, 0.3) is 0 Å². The SMILES string of the molecule is COC(=O)c1cc(N2CCCN(c3ccc(C)cc3)CC2)ccc1[N+](=O)[O-]. The van der Waals surface area contributed by atoms with Gasteiger partial charge in [-0.05, 0) is 37.6 Å². The number of nitro benzene ring substituents is 1. The number of rotatable bonds is 4. The number of hydrogen-bond acceptors (Lipinski definition) is 6. The van der Waals surface area contributed by atoms with E-state index >= 15 is 0 Å². The van der Waals surface area contributed by atoms with Crippen molar-refractivity contribution in [3.63, 3.8) is 0 Å². The highest BCUT2D eigenvalue weighted by Crippen LogP contribution is 2.27. The molecule has 142 valence electrons. The molecule has 1 saturated heterocycles. The Morgan fingerprint density at radius 1 is 1.00 bits per heavy atom. The van der Waals surface area contributed by atoms with E-state index < -0.39 is 10.9 Å².